The lowest BCUT2D eigenvalue weighted by Crippen LogP contribution is -2.27. The maximum atomic E-state index is 11.6. The molecule has 0 aliphatic heterocycles. The van der Waals surface area contributed by atoms with Crippen LogP contribution in [0.25, 0.3) is 0 Å². The molecule has 3 nitrogen and oxygen atoms in total. The van der Waals surface area contributed by atoms with Crippen LogP contribution < -0.4 is 5.56 Å². The van der Waals surface area contributed by atoms with Gasteiger partial charge in [0.2, 0.25) is 0 Å². The number of carbonyl (C=O) groups excluding carboxylic acids is 1. The van der Waals surface area contributed by atoms with Gasteiger partial charge >= 0.3 is 0 Å². The Bertz CT molecular complexity index is 406. The van der Waals surface area contributed by atoms with Crippen molar-refractivity contribution in [2.75, 3.05) is 0 Å². The smallest absolute Gasteiger partial charge is 0.253 e. The molecule has 0 aliphatic rings. The molecule has 0 aromatic carbocycles. The van der Waals surface area contributed by atoms with Crippen LogP contribution in [0.1, 0.15) is 25.8 Å². The van der Waals surface area contributed by atoms with Gasteiger partial charge in [-0.25, -0.2) is 0 Å². The van der Waals surface area contributed by atoms with Crippen LogP contribution in [-0.4, -0.2) is 10.4 Å². The number of rotatable bonds is 4. The molecule has 0 spiro atoms. The van der Waals surface area contributed by atoms with Gasteiger partial charge in [0.05, 0.1) is 6.54 Å². The van der Waals surface area contributed by atoms with Gasteiger partial charge in [0.1, 0.15) is 0 Å². The van der Waals surface area contributed by atoms with E-state index in [9.17, 15) is 9.59 Å². The number of aromatic nitrogens is 1. The number of hydrogen-bond acceptors (Lipinski definition) is 2. The third kappa shape index (κ3) is 2.78. The van der Waals surface area contributed by atoms with E-state index in [1.54, 1.807) is 25.3 Å². The average molecular weight is 207 g/mol. The molecule has 0 radical (unpaired) electrons. The van der Waals surface area contributed by atoms with E-state index in [0.29, 0.717) is 5.56 Å². The van der Waals surface area contributed by atoms with Crippen LogP contribution in [-0.2, 0) is 11.3 Å². The normalized spacial score (nSPS) is 12.5. The van der Waals surface area contributed by atoms with Crippen LogP contribution in [0.3, 0.4) is 0 Å². The van der Waals surface area contributed by atoms with E-state index in [2.05, 4.69) is 0 Å². The van der Waals surface area contributed by atoms with Gasteiger partial charge in [-0.1, -0.05) is 19.9 Å². The van der Waals surface area contributed by atoms with Crippen molar-refractivity contribution in [3.05, 3.63) is 34.2 Å². The number of nitrogens with zero attached hydrogens (tertiary/aromatic N) is 1. The molecule has 0 fully saturated rings. The minimum absolute atomic E-state index is 0.0254. The van der Waals surface area contributed by atoms with Crippen LogP contribution in [0.2, 0.25) is 0 Å². The standard InChI is InChI=1S/C12H17NO2/c1-4-9(2)11(14)8-13-7-5-6-10(3)12(13)15/h5-7,9H,4,8H2,1-3H3. The molecular formula is C12H17NO2. The molecule has 0 amide bonds. The lowest BCUT2D eigenvalue weighted by molar-refractivity contribution is -0.123. The van der Waals surface area contributed by atoms with Crippen LogP contribution >= 0.6 is 0 Å². The molecule has 1 heterocycles. The molecule has 1 rings (SSSR count). The van der Waals surface area contributed by atoms with Gasteiger partial charge < -0.3 is 4.57 Å². The minimum Gasteiger partial charge on any atom is -0.308 e. The van der Waals surface area contributed by atoms with Crippen molar-refractivity contribution in [1.29, 1.82) is 0 Å². The van der Waals surface area contributed by atoms with Gasteiger partial charge in [0.15, 0.2) is 5.78 Å². The van der Waals surface area contributed by atoms with Gasteiger partial charge in [-0.3, -0.25) is 9.59 Å². The fourth-order valence-corrected chi connectivity index (χ4v) is 1.33. The summed E-state index contributed by atoms with van der Waals surface area (Å²) in [5, 5.41) is 0. The molecule has 3 heteroatoms. The second-order valence-electron chi connectivity index (χ2n) is 3.90. The zero-order chi connectivity index (χ0) is 11.4. The van der Waals surface area contributed by atoms with Gasteiger partial charge in [-0.05, 0) is 19.4 Å². The largest absolute Gasteiger partial charge is 0.308 e. The fraction of sp³-hybridized carbons (Fsp3) is 0.500. The van der Waals surface area contributed by atoms with Crippen molar-refractivity contribution in [2.24, 2.45) is 5.92 Å². The number of aryl methyl sites for hydroxylation is 1. The molecule has 82 valence electrons. The first-order valence-electron chi connectivity index (χ1n) is 5.25. The minimum atomic E-state index is -0.0749. The topological polar surface area (TPSA) is 39.1 Å². The molecule has 0 aliphatic carbocycles. The Morgan fingerprint density at radius 3 is 2.80 bits per heavy atom. The van der Waals surface area contributed by atoms with Crippen LogP contribution in [0.4, 0.5) is 0 Å². The summed E-state index contributed by atoms with van der Waals surface area (Å²) in [6, 6.07) is 3.55. The first-order valence-corrected chi connectivity index (χ1v) is 5.25. The molecule has 1 atom stereocenters. The van der Waals surface area contributed by atoms with E-state index in [-0.39, 0.29) is 23.8 Å². The summed E-state index contributed by atoms with van der Waals surface area (Å²) in [7, 11) is 0. The number of carbonyl (C=O) groups is 1. The molecule has 1 aromatic rings. The highest BCUT2D eigenvalue weighted by Gasteiger charge is 2.11. The Kier molecular flexibility index (Phi) is 3.83. The Hall–Kier alpha value is -1.38. The maximum Gasteiger partial charge on any atom is 0.253 e. The van der Waals surface area contributed by atoms with E-state index in [1.807, 2.05) is 13.8 Å². The van der Waals surface area contributed by atoms with Gasteiger partial charge in [0, 0.05) is 17.7 Å². The number of hydrogen-bond donors (Lipinski definition) is 0. The molecule has 15 heavy (non-hydrogen) atoms. The monoisotopic (exact) mass is 207 g/mol. The van der Waals surface area contributed by atoms with Crippen molar-refractivity contribution in [3.63, 3.8) is 0 Å². The molecule has 1 unspecified atom stereocenters. The van der Waals surface area contributed by atoms with Crippen LogP contribution in [0, 0.1) is 12.8 Å². The fourth-order valence-electron chi connectivity index (χ4n) is 1.33. The average Bonchev–Trinajstić information content (AvgIpc) is 2.23. The lowest BCUT2D eigenvalue weighted by atomic mass is 10.0. The van der Waals surface area contributed by atoms with E-state index in [4.69, 9.17) is 0 Å². The van der Waals surface area contributed by atoms with Crippen molar-refractivity contribution >= 4 is 5.78 Å². The van der Waals surface area contributed by atoms with Crippen molar-refractivity contribution in [3.8, 4) is 0 Å². The number of Topliss-reactive ketones (excluding diaryl/α,β-unsaturated/α-hetero) is 1. The third-order valence-corrected chi connectivity index (χ3v) is 2.70. The van der Waals surface area contributed by atoms with Crippen LogP contribution in [0.5, 0.6) is 0 Å². The summed E-state index contributed by atoms with van der Waals surface area (Å²) in [4.78, 5) is 23.3. The van der Waals surface area contributed by atoms with Crippen LogP contribution in [0.15, 0.2) is 23.1 Å². The molecular weight excluding hydrogens is 190 g/mol. The van der Waals surface area contributed by atoms with Crippen molar-refractivity contribution < 1.29 is 4.79 Å². The second kappa shape index (κ2) is 4.91. The summed E-state index contributed by atoms with van der Waals surface area (Å²) < 4.78 is 1.48. The quantitative estimate of drug-likeness (QED) is 0.754. The molecule has 0 N–H and O–H groups in total. The highest BCUT2D eigenvalue weighted by atomic mass is 16.1. The van der Waals surface area contributed by atoms with E-state index in [0.717, 1.165) is 6.42 Å². The van der Waals surface area contributed by atoms with Gasteiger partial charge in [-0.15, -0.1) is 0 Å². The summed E-state index contributed by atoms with van der Waals surface area (Å²) in [5.41, 5.74) is 0.601. The highest BCUT2D eigenvalue weighted by molar-refractivity contribution is 5.80. The Balaban J connectivity index is 2.86. The predicted octanol–water partition coefficient (Wildman–Crippen LogP) is 1.77. The predicted molar refractivity (Wildman–Crippen MR) is 59.9 cm³/mol. The first kappa shape index (κ1) is 11.7. The molecule has 1 aromatic heterocycles. The Morgan fingerprint density at radius 2 is 2.20 bits per heavy atom. The zero-order valence-electron chi connectivity index (χ0n) is 9.49. The van der Waals surface area contributed by atoms with Crippen molar-refractivity contribution in [1.82, 2.24) is 4.57 Å². The van der Waals surface area contributed by atoms with E-state index >= 15 is 0 Å². The van der Waals surface area contributed by atoms with E-state index < -0.39 is 0 Å². The molecule has 0 bridgehead atoms. The zero-order valence-corrected chi connectivity index (χ0v) is 9.49. The summed E-state index contributed by atoms with van der Waals surface area (Å²) in [6.07, 6.45) is 2.48. The first-order chi connectivity index (χ1) is 7.06. The van der Waals surface area contributed by atoms with Gasteiger partial charge in [-0.2, -0.15) is 0 Å². The van der Waals surface area contributed by atoms with E-state index in [1.165, 1.54) is 4.57 Å². The Morgan fingerprint density at radius 1 is 1.53 bits per heavy atom. The van der Waals surface area contributed by atoms with Crippen molar-refractivity contribution in [2.45, 2.75) is 33.7 Å². The highest BCUT2D eigenvalue weighted by Crippen LogP contribution is 2.03. The Labute approximate surface area is 89.7 Å². The molecule has 0 saturated carbocycles. The number of ketones is 1. The summed E-state index contributed by atoms with van der Waals surface area (Å²) in [6.45, 7) is 5.81. The summed E-state index contributed by atoms with van der Waals surface area (Å²) in [5.74, 6) is 0.141. The second-order valence-corrected chi connectivity index (χ2v) is 3.90. The molecule has 0 saturated heterocycles. The summed E-state index contributed by atoms with van der Waals surface area (Å²) >= 11 is 0. The van der Waals surface area contributed by atoms with Gasteiger partial charge in [0.25, 0.3) is 5.56 Å². The lowest BCUT2D eigenvalue weighted by Gasteiger charge is -2.09. The maximum absolute atomic E-state index is 11.6. The SMILES string of the molecule is CCC(C)C(=O)Cn1cccc(C)c1=O. The third-order valence-electron chi connectivity index (χ3n) is 2.70. The number of pyridine rings is 1.